The molecule has 3 rings (SSSR count). The molecule has 2 fully saturated rings. The molecule has 0 aliphatic carbocycles. The highest BCUT2D eigenvalue weighted by Crippen LogP contribution is 2.28. The maximum Gasteiger partial charge on any atom is 0.251 e. The van der Waals surface area contributed by atoms with E-state index in [1.54, 1.807) is 6.08 Å². The molecule has 3 heterocycles. The number of H-pyrrole nitrogens is 1. The molecule has 0 radical (unpaired) electrons. The van der Waals surface area contributed by atoms with Crippen molar-refractivity contribution in [3.63, 3.8) is 0 Å². The minimum Gasteiger partial charge on any atom is -0.357 e. The van der Waals surface area contributed by atoms with E-state index in [9.17, 15) is 14.0 Å². The van der Waals surface area contributed by atoms with Crippen LogP contribution < -0.4 is 16.0 Å². The standard InChI is InChI=1S/C22H27FN4O2/c1-4-7-16(23)10-15-12-25-21(28)17(15)11-19-13(2)20(14(3)26-19)27-22(29)18-8-5-6-9-24-18/h4,7,10-11,18,24,26H,1,5-6,8-9,12H2,2-3H3,(H,25,28)(H,27,29)/b15-10+,16-7+,17-11-. The van der Waals surface area contributed by atoms with Crippen LogP contribution in [0.3, 0.4) is 0 Å². The van der Waals surface area contributed by atoms with E-state index in [0.717, 1.165) is 42.8 Å². The number of aromatic nitrogens is 1. The number of hydrogen-bond donors (Lipinski definition) is 4. The van der Waals surface area contributed by atoms with Crippen LogP contribution >= 0.6 is 0 Å². The van der Waals surface area contributed by atoms with Crippen LogP contribution in [0.1, 0.15) is 36.2 Å². The summed E-state index contributed by atoms with van der Waals surface area (Å²) < 4.78 is 13.8. The van der Waals surface area contributed by atoms with E-state index in [0.29, 0.717) is 16.8 Å². The van der Waals surface area contributed by atoms with Gasteiger partial charge in [0.25, 0.3) is 5.91 Å². The minimum atomic E-state index is -0.468. The zero-order chi connectivity index (χ0) is 21.0. The SMILES string of the molecule is C=C\C=C(F)/C=C1\CNC(=O)\C1=C/c1[nH]c(C)c(NC(=O)C2CCCCN2)c1C. The van der Waals surface area contributed by atoms with Gasteiger partial charge in [-0.1, -0.05) is 19.1 Å². The van der Waals surface area contributed by atoms with Crippen molar-refractivity contribution in [2.24, 2.45) is 0 Å². The first kappa shape index (κ1) is 20.8. The van der Waals surface area contributed by atoms with Gasteiger partial charge >= 0.3 is 0 Å². The molecule has 1 aromatic rings. The maximum atomic E-state index is 13.8. The summed E-state index contributed by atoms with van der Waals surface area (Å²) in [5, 5.41) is 8.97. The number of nitrogens with one attached hydrogen (secondary N) is 4. The number of piperidine rings is 1. The third-order valence-electron chi connectivity index (χ3n) is 5.26. The monoisotopic (exact) mass is 398 g/mol. The van der Waals surface area contributed by atoms with Gasteiger partial charge < -0.3 is 20.9 Å². The molecule has 6 nitrogen and oxygen atoms in total. The first-order valence-electron chi connectivity index (χ1n) is 9.83. The third-order valence-corrected chi connectivity index (χ3v) is 5.26. The number of allylic oxidation sites excluding steroid dienone is 4. The van der Waals surface area contributed by atoms with Gasteiger partial charge in [0.15, 0.2) is 0 Å². The Bertz CT molecular complexity index is 917. The average molecular weight is 398 g/mol. The molecule has 2 aliphatic rings. The average Bonchev–Trinajstić information content (AvgIpc) is 3.17. The molecule has 7 heteroatoms. The molecule has 1 atom stereocenters. The number of carbonyl (C=O) groups is 2. The Morgan fingerprint density at radius 2 is 2.10 bits per heavy atom. The van der Waals surface area contributed by atoms with Crippen molar-refractivity contribution in [2.45, 2.75) is 39.2 Å². The molecule has 0 aromatic carbocycles. The van der Waals surface area contributed by atoms with E-state index in [1.807, 2.05) is 13.8 Å². The summed E-state index contributed by atoms with van der Waals surface area (Å²) in [6.45, 7) is 8.34. The van der Waals surface area contributed by atoms with Crippen LogP contribution in [-0.2, 0) is 9.59 Å². The quantitative estimate of drug-likeness (QED) is 0.454. The Hall–Kier alpha value is -2.93. The van der Waals surface area contributed by atoms with Gasteiger partial charge in [-0.15, -0.1) is 0 Å². The summed E-state index contributed by atoms with van der Waals surface area (Å²) in [5.41, 5.74) is 4.03. The summed E-state index contributed by atoms with van der Waals surface area (Å²) in [6.07, 6.45) is 8.57. The van der Waals surface area contributed by atoms with Crippen molar-refractivity contribution < 1.29 is 14.0 Å². The highest BCUT2D eigenvalue weighted by molar-refractivity contribution is 6.06. The van der Waals surface area contributed by atoms with E-state index in [1.165, 1.54) is 18.2 Å². The Labute approximate surface area is 170 Å². The maximum absolute atomic E-state index is 13.8. The van der Waals surface area contributed by atoms with Gasteiger partial charge in [-0.25, -0.2) is 4.39 Å². The molecule has 0 bridgehead atoms. The summed E-state index contributed by atoms with van der Waals surface area (Å²) in [5.74, 6) is -0.777. The summed E-state index contributed by atoms with van der Waals surface area (Å²) in [4.78, 5) is 28.0. The summed E-state index contributed by atoms with van der Waals surface area (Å²) in [6, 6.07) is -0.186. The number of halogens is 1. The fraction of sp³-hybridized carbons (Fsp3) is 0.364. The lowest BCUT2D eigenvalue weighted by Gasteiger charge is -2.22. The second-order valence-corrected chi connectivity index (χ2v) is 7.35. The molecule has 0 spiro atoms. The molecular weight excluding hydrogens is 371 g/mol. The lowest BCUT2D eigenvalue weighted by Crippen LogP contribution is -2.43. The smallest absolute Gasteiger partial charge is 0.251 e. The van der Waals surface area contributed by atoms with E-state index in [-0.39, 0.29) is 24.4 Å². The number of rotatable bonds is 5. The molecular formula is C22H27FN4O2. The molecule has 0 saturated carbocycles. The molecule has 29 heavy (non-hydrogen) atoms. The van der Waals surface area contributed by atoms with Crippen molar-refractivity contribution in [3.05, 3.63) is 58.7 Å². The Morgan fingerprint density at radius 1 is 1.31 bits per heavy atom. The number of aromatic amines is 1. The second kappa shape index (κ2) is 9.05. The first-order valence-corrected chi connectivity index (χ1v) is 9.83. The van der Waals surface area contributed by atoms with Gasteiger partial charge in [0.1, 0.15) is 5.83 Å². The summed E-state index contributed by atoms with van der Waals surface area (Å²) >= 11 is 0. The van der Waals surface area contributed by atoms with Crippen LogP contribution in [0.5, 0.6) is 0 Å². The molecule has 2 aliphatic heterocycles. The number of hydrogen-bond acceptors (Lipinski definition) is 3. The lowest BCUT2D eigenvalue weighted by molar-refractivity contribution is -0.118. The van der Waals surface area contributed by atoms with Gasteiger partial charge in [-0.05, 0) is 62.6 Å². The Kier molecular flexibility index (Phi) is 6.49. The zero-order valence-electron chi connectivity index (χ0n) is 16.8. The van der Waals surface area contributed by atoms with Crippen molar-refractivity contribution in [2.75, 3.05) is 18.4 Å². The van der Waals surface area contributed by atoms with Gasteiger partial charge in [0.05, 0.1) is 11.7 Å². The van der Waals surface area contributed by atoms with Crippen LogP contribution in [0.25, 0.3) is 6.08 Å². The number of carbonyl (C=O) groups excluding carboxylic acids is 2. The van der Waals surface area contributed by atoms with Crippen LogP contribution in [0, 0.1) is 13.8 Å². The largest absolute Gasteiger partial charge is 0.357 e. The third kappa shape index (κ3) is 4.74. The van der Waals surface area contributed by atoms with E-state index in [4.69, 9.17) is 0 Å². The molecule has 2 saturated heterocycles. The molecule has 1 aromatic heterocycles. The Balaban J connectivity index is 1.86. The van der Waals surface area contributed by atoms with Gasteiger partial charge in [0.2, 0.25) is 5.91 Å². The van der Waals surface area contributed by atoms with Gasteiger partial charge in [-0.2, -0.15) is 0 Å². The van der Waals surface area contributed by atoms with Crippen LogP contribution in [0.4, 0.5) is 10.1 Å². The van der Waals surface area contributed by atoms with Gasteiger partial charge in [0, 0.05) is 23.5 Å². The Morgan fingerprint density at radius 3 is 2.79 bits per heavy atom. The van der Waals surface area contributed by atoms with Gasteiger partial charge in [-0.3, -0.25) is 9.59 Å². The molecule has 154 valence electrons. The van der Waals surface area contributed by atoms with E-state index < -0.39 is 5.83 Å². The number of anilines is 1. The normalized spacial score (nSPS) is 22.8. The second-order valence-electron chi connectivity index (χ2n) is 7.35. The van der Waals surface area contributed by atoms with E-state index >= 15 is 0 Å². The van der Waals surface area contributed by atoms with Crippen molar-refractivity contribution in [1.82, 2.24) is 15.6 Å². The number of aryl methyl sites for hydroxylation is 1. The highest BCUT2D eigenvalue weighted by atomic mass is 19.1. The summed E-state index contributed by atoms with van der Waals surface area (Å²) in [7, 11) is 0. The van der Waals surface area contributed by atoms with Crippen molar-refractivity contribution in [1.29, 1.82) is 0 Å². The number of amides is 2. The van der Waals surface area contributed by atoms with E-state index in [2.05, 4.69) is 27.5 Å². The predicted octanol–water partition coefficient (Wildman–Crippen LogP) is 3.19. The fourth-order valence-corrected chi connectivity index (χ4v) is 3.66. The minimum absolute atomic E-state index is 0.0510. The first-order chi connectivity index (χ1) is 13.9. The zero-order valence-corrected chi connectivity index (χ0v) is 16.8. The molecule has 2 amide bonds. The topological polar surface area (TPSA) is 86.0 Å². The van der Waals surface area contributed by atoms with Crippen LogP contribution in [-0.4, -0.2) is 35.9 Å². The van der Waals surface area contributed by atoms with Crippen LogP contribution in [0.2, 0.25) is 0 Å². The fourth-order valence-electron chi connectivity index (χ4n) is 3.66. The lowest BCUT2D eigenvalue weighted by atomic mass is 10.0. The molecule has 4 N–H and O–H groups in total. The van der Waals surface area contributed by atoms with Crippen LogP contribution in [0.15, 0.2) is 41.8 Å². The predicted molar refractivity (Wildman–Crippen MR) is 113 cm³/mol. The van der Waals surface area contributed by atoms with Crippen molar-refractivity contribution >= 4 is 23.6 Å². The molecule has 1 unspecified atom stereocenters. The highest BCUT2D eigenvalue weighted by Gasteiger charge is 2.25. The van der Waals surface area contributed by atoms with Crippen molar-refractivity contribution in [3.8, 4) is 0 Å².